The molecule has 0 aromatic heterocycles. The van der Waals surface area contributed by atoms with Gasteiger partial charge in [0.15, 0.2) is 0 Å². The minimum absolute atomic E-state index is 0.129. The number of morpholine rings is 1. The summed E-state index contributed by atoms with van der Waals surface area (Å²) < 4.78 is 47.0. The van der Waals surface area contributed by atoms with Crippen molar-refractivity contribution in [2.24, 2.45) is 0 Å². The molecule has 2 aromatic carbocycles. The highest BCUT2D eigenvalue weighted by Gasteiger charge is 2.25. The van der Waals surface area contributed by atoms with E-state index in [0.717, 1.165) is 29.3 Å². The number of aryl methyl sites for hydroxylation is 1. The van der Waals surface area contributed by atoms with Gasteiger partial charge in [0, 0.05) is 25.7 Å². The maximum absolute atomic E-state index is 13.5. The molecule has 1 heterocycles. The predicted molar refractivity (Wildman–Crippen MR) is 103 cm³/mol. The molecule has 0 radical (unpaired) electrons. The van der Waals surface area contributed by atoms with E-state index in [2.05, 4.69) is 9.62 Å². The first-order chi connectivity index (χ1) is 13.4. The van der Waals surface area contributed by atoms with Gasteiger partial charge in [-0.25, -0.2) is 17.5 Å². The SMILES string of the molecule is Cc1cccc(C(CNS(=O)(=O)c2ccc(F)c(C#N)c2)N2CCOCC2)c1. The molecule has 1 N–H and O–H groups in total. The van der Waals surface area contributed by atoms with Crippen molar-refractivity contribution < 1.29 is 17.5 Å². The molecule has 28 heavy (non-hydrogen) atoms. The van der Waals surface area contributed by atoms with E-state index in [1.807, 2.05) is 31.2 Å². The van der Waals surface area contributed by atoms with Crippen molar-refractivity contribution in [3.05, 3.63) is 65.0 Å². The Kier molecular flexibility index (Phi) is 6.42. The fraction of sp³-hybridized carbons (Fsp3) is 0.350. The maximum Gasteiger partial charge on any atom is 0.240 e. The molecule has 0 amide bonds. The summed E-state index contributed by atoms with van der Waals surface area (Å²) in [4.78, 5) is 2.06. The Hall–Kier alpha value is -2.31. The lowest BCUT2D eigenvalue weighted by atomic mass is 10.0. The number of sulfonamides is 1. The standard InChI is InChI=1S/C20H22FN3O3S/c1-15-3-2-4-16(11-15)20(24-7-9-27-10-8-24)14-23-28(25,26)18-5-6-19(21)17(12-18)13-22/h2-6,11-12,20,23H,7-10,14H2,1H3. The molecule has 6 nitrogen and oxygen atoms in total. The van der Waals surface area contributed by atoms with Gasteiger partial charge in [0.05, 0.1) is 23.7 Å². The van der Waals surface area contributed by atoms with E-state index in [1.165, 1.54) is 0 Å². The van der Waals surface area contributed by atoms with E-state index in [-0.39, 0.29) is 23.0 Å². The molecule has 0 spiro atoms. The van der Waals surface area contributed by atoms with Gasteiger partial charge in [-0.1, -0.05) is 29.8 Å². The average Bonchev–Trinajstić information content (AvgIpc) is 2.69. The molecule has 0 aliphatic carbocycles. The lowest BCUT2D eigenvalue weighted by Gasteiger charge is -2.35. The van der Waals surface area contributed by atoms with Crippen LogP contribution in [0.5, 0.6) is 0 Å². The van der Waals surface area contributed by atoms with Crippen LogP contribution in [-0.4, -0.2) is 46.2 Å². The lowest BCUT2D eigenvalue weighted by Crippen LogP contribution is -2.43. The zero-order valence-corrected chi connectivity index (χ0v) is 16.4. The van der Waals surface area contributed by atoms with Crippen LogP contribution in [0.4, 0.5) is 4.39 Å². The Morgan fingerprint density at radius 1 is 1.25 bits per heavy atom. The van der Waals surface area contributed by atoms with E-state index in [9.17, 15) is 12.8 Å². The molecule has 1 aliphatic rings. The van der Waals surface area contributed by atoms with Gasteiger partial charge in [-0.3, -0.25) is 4.90 Å². The van der Waals surface area contributed by atoms with Crippen LogP contribution in [0.2, 0.25) is 0 Å². The predicted octanol–water partition coefficient (Wildman–Crippen LogP) is 2.36. The highest BCUT2D eigenvalue weighted by molar-refractivity contribution is 7.89. The Labute approximate surface area is 164 Å². The van der Waals surface area contributed by atoms with Crippen LogP contribution in [0.3, 0.4) is 0 Å². The number of hydrogen-bond donors (Lipinski definition) is 1. The first-order valence-electron chi connectivity index (χ1n) is 8.98. The summed E-state index contributed by atoms with van der Waals surface area (Å²) in [6.45, 7) is 4.75. The summed E-state index contributed by atoms with van der Waals surface area (Å²) in [5.74, 6) is -0.743. The highest BCUT2D eigenvalue weighted by Crippen LogP contribution is 2.23. The van der Waals surface area contributed by atoms with Crippen molar-refractivity contribution in [2.75, 3.05) is 32.8 Å². The molecule has 3 rings (SSSR count). The third-order valence-electron chi connectivity index (χ3n) is 4.75. The lowest BCUT2D eigenvalue weighted by molar-refractivity contribution is 0.0172. The van der Waals surface area contributed by atoms with Crippen LogP contribution in [0.1, 0.15) is 22.7 Å². The second-order valence-electron chi connectivity index (χ2n) is 6.68. The number of nitrogens with zero attached hydrogens (tertiary/aromatic N) is 2. The van der Waals surface area contributed by atoms with Crippen LogP contribution < -0.4 is 4.72 Å². The third kappa shape index (κ3) is 4.75. The number of ether oxygens (including phenoxy) is 1. The van der Waals surface area contributed by atoms with Gasteiger partial charge in [0.2, 0.25) is 10.0 Å². The zero-order valence-electron chi connectivity index (χ0n) is 15.6. The van der Waals surface area contributed by atoms with Gasteiger partial charge in [0.1, 0.15) is 11.9 Å². The summed E-state index contributed by atoms with van der Waals surface area (Å²) in [5, 5.41) is 8.95. The van der Waals surface area contributed by atoms with Gasteiger partial charge in [-0.15, -0.1) is 0 Å². The van der Waals surface area contributed by atoms with E-state index in [4.69, 9.17) is 10.00 Å². The molecular formula is C20H22FN3O3S. The van der Waals surface area contributed by atoms with Gasteiger partial charge in [-0.05, 0) is 30.7 Å². The molecule has 2 aromatic rings. The summed E-state index contributed by atoms with van der Waals surface area (Å²) >= 11 is 0. The molecule has 1 unspecified atom stereocenters. The minimum Gasteiger partial charge on any atom is -0.379 e. The Morgan fingerprint density at radius 2 is 2.00 bits per heavy atom. The Morgan fingerprint density at radius 3 is 2.68 bits per heavy atom. The molecule has 148 valence electrons. The van der Waals surface area contributed by atoms with Crippen molar-refractivity contribution in [3.8, 4) is 6.07 Å². The van der Waals surface area contributed by atoms with Gasteiger partial charge in [0.25, 0.3) is 0 Å². The second kappa shape index (κ2) is 8.80. The zero-order chi connectivity index (χ0) is 20.1. The number of halogens is 1. The largest absolute Gasteiger partial charge is 0.379 e. The van der Waals surface area contributed by atoms with Crippen molar-refractivity contribution in [1.29, 1.82) is 5.26 Å². The molecular weight excluding hydrogens is 381 g/mol. The smallest absolute Gasteiger partial charge is 0.240 e. The number of nitriles is 1. The number of benzene rings is 2. The van der Waals surface area contributed by atoms with Gasteiger partial charge >= 0.3 is 0 Å². The van der Waals surface area contributed by atoms with Crippen LogP contribution in [0.25, 0.3) is 0 Å². The summed E-state index contributed by atoms with van der Waals surface area (Å²) in [6, 6.07) is 12.7. The summed E-state index contributed by atoms with van der Waals surface area (Å²) in [7, 11) is -3.89. The molecule has 1 aliphatic heterocycles. The monoisotopic (exact) mass is 403 g/mol. The summed E-state index contributed by atoms with van der Waals surface area (Å²) in [5.41, 5.74) is 1.81. The molecule has 0 saturated carbocycles. The topological polar surface area (TPSA) is 82.4 Å². The number of hydrogen-bond acceptors (Lipinski definition) is 5. The molecule has 0 bridgehead atoms. The maximum atomic E-state index is 13.5. The second-order valence-corrected chi connectivity index (χ2v) is 8.45. The van der Waals surface area contributed by atoms with E-state index in [0.29, 0.717) is 26.3 Å². The third-order valence-corrected chi connectivity index (χ3v) is 6.17. The molecule has 1 atom stereocenters. The number of rotatable bonds is 6. The van der Waals surface area contributed by atoms with E-state index in [1.54, 1.807) is 6.07 Å². The first-order valence-corrected chi connectivity index (χ1v) is 10.5. The van der Waals surface area contributed by atoms with Crippen LogP contribution in [0, 0.1) is 24.1 Å². The first kappa shape index (κ1) is 20.4. The van der Waals surface area contributed by atoms with Crippen molar-refractivity contribution in [2.45, 2.75) is 17.9 Å². The molecule has 8 heteroatoms. The Balaban J connectivity index is 1.83. The van der Waals surface area contributed by atoms with Crippen molar-refractivity contribution >= 4 is 10.0 Å². The molecule has 1 saturated heterocycles. The number of nitrogens with one attached hydrogen (secondary N) is 1. The fourth-order valence-electron chi connectivity index (χ4n) is 3.25. The van der Waals surface area contributed by atoms with Crippen LogP contribution in [0.15, 0.2) is 47.4 Å². The average molecular weight is 403 g/mol. The van der Waals surface area contributed by atoms with Crippen LogP contribution in [-0.2, 0) is 14.8 Å². The fourth-order valence-corrected chi connectivity index (χ4v) is 4.32. The minimum atomic E-state index is -3.89. The Bertz CT molecular complexity index is 982. The van der Waals surface area contributed by atoms with Crippen molar-refractivity contribution in [1.82, 2.24) is 9.62 Å². The van der Waals surface area contributed by atoms with E-state index < -0.39 is 15.8 Å². The molecule has 1 fully saturated rings. The summed E-state index contributed by atoms with van der Waals surface area (Å²) in [6.07, 6.45) is 0. The normalized spacial score (nSPS) is 16.5. The highest BCUT2D eigenvalue weighted by atomic mass is 32.2. The van der Waals surface area contributed by atoms with Crippen molar-refractivity contribution in [3.63, 3.8) is 0 Å². The van der Waals surface area contributed by atoms with Crippen LogP contribution >= 0.6 is 0 Å². The van der Waals surface area contributed by atoms with E-state index >= 15 is 0 Å². The quantitative estimate of drug-likeness (QED) is 0.801. The van der Waals surface area contributed by atoms with Gasteiger partial charge in [-0.2, -0.15) is 5.26 Å². The van der Waals surface area contributed by atoms with Gasteiger partial charge < -0.3 is 4.74 Å².